The van der Waals surface area contributed by atoms with Crippen molar-refractivity contribution in [2.75, 3.05) is 13.2 Å². The van der Waals surface area contributed by atoms with Crippen LogP contribution in [0.15, 0.2) is 0 Å². The maximum absolute atomic E-state index is 11.6. The molecule has 2 rings (SSSR count). The van der Waals surface area contributed by atoms with E-state index < -0.39 is 0 Å². The molecule has 6 heteroatoms. The van der Waals surface area contributed by atoms with E-state index in [4.69, 9.17) is 17.0 Å². The Balaban J connectivity index is 2.03. The third kappa shape index (κ3) is 2.69. The number of nitrogens with zero attached hydrogens (tertiary/aromatic N) is 1. The first-order valence-corrected chi connectivity index (χ1v) is 6.59. The zero-order valence-electron chi connectivity index (χ0n) is 10.1. The highest BCUT2D eigenvalue weighted by Gasteiger charge is 2.44. The summed E-state index contributed by atoms with van der Waals surface area (Å²) >= 11 is 5.15. The summed E-state index contributed by atoms with van der Waals surface area (Å²) in [7, 11) is 0. The van der Waals surface area contributed by atoms with E-state index in [2.05, 4.69) is 10.7 Å². The average molecular weight is 257 g/mol. The Morgan fingerprint density at radius 1 is 1.47 bits per heavy atom. The first-order valence-electron chi connectivity index (χ1n) is 6.18. The number of nitrogens with one attached hydrogen (secondary N) is 2. The van der Waals surface area contributed by atoms with E-state index in [0.29, 0.717) is 11.7 Å². The number of hydrogen-bond acceptors (Lipinski definition) is 4. The van der Waals surface area contributed by atoms with Gasteiger partial charge in [0.25, 0.3) is 0 Å². The highest BCUT2D eigenvalue weighted by molar-refractivity contribution is 7.80. The minimum absolute atomic E-state index is 0.178. The summed E-state index contributed by atoms with van der Waals surface area (Å²) in [5.41, 5.74) is 2.88. The predicted octanol–water partition coefficient (Wildman–Crippen LogP) is 0.905. The molecule has 17 heavy (non-hydrogen) atoms. The molecule has 0 amide bonds. The van der Waals surface area contributed by atoms with E-state index in [1.165, 1.54) is 6.42 Å². The molecule has 1 saturated heterocycles. The first-order chi connectivity index (χ1) is 8.16. The molecule has 1 aliphatic carbocycles. The topological polar surface area (TPSA) is 53.6 Å². The van der Waals surface area contributed by atoms with Crippen molar-refractivity contribution in [2.45, 2.75) is 44.7 Å². The van der Waals surface area contributed by atoms with Gasteiger partial charge in [-0.25, -0.2) is 0 Å². The zero-order chi connectivity index (χ0) is 12.3. The summed E-state index contributed by atoms with van der Waals surface area (Å²) in [5, 5.41) is 5.82. The lowest BCUT2D eigenvalue weighted by molar-refractivity contribution is -0.147. The molecule has 0 atom stereocenters. The summed E-state index contributed by atoms with van der Waals surface area (Å²) in [6.07, 6.45) is 5.61. The van der Waals surface area contributed by atoms with Crippen LogP contribution in [0, 0.1) is 0 Å². The molecular formula is C11H19N3O2S. The van der Waals surface area contributed by atoms with Crippen LogP contribution in [-0.2, 0) is 9.53 Å². The summed E-state index contributed by atoms with van der Waals surface area (Å²) < 4.78 is 4.98. The molecule has 96 valence electrons. The lowest BCUT2D eigenvalue weighted by Gasteiger charge is -2.39. The molecule has 0 radical (unpaired) electrons. The minimum atomic E-state index is -0.212. The second-order valence-electron chi connectivity index (χ2n) is 4.55. The third-order valence-corrected chi connectivity index (χ3v) is 3.57. The van der Waals surface area contributed by atoms with Crippen molar-refractivity contribution >= 4 is 23.3 Å². The highest BCUT2D eigenvalue weighted by atomic mass is 32.1. The van der Waals surface area contributed by atoms with Crippen LogP contribution >= 0.6 is 12.2 Å². The Hall–Kier alpha value is -0.880. The van der Waals surface area contributed by atoms with E-state index in [0.717, 1.165) is 25.7 Å². The maximum Gasteiger partial charge on any atom is 0.322 e. The Morgan fingerprint density at radius 2 is 2.18 bits per heavy atom. The second-order valence-corrected chi connectivity index (χ2v) is 4.96. The Kier molecular flexibility index (Phi) is 3.83. The van der Waals surface area contributed by atoms with E-state index in [1.807, 2.05) is 11.9 Å². The van der Waals surface area contributed by atoms with Crippen LogP contribution in [0.5, 0.6) is 0 Å². The number of rotatable bonds is 3. The molecule has 2 fully saturated rings. The van der Waals surface area contributed by atoms with Crippen LogP contribution in [-0.4, -0.2) is 34.9 Å². The molecule has 2 N–H and O–H groups in total. The smallest absolute Gasteiger partial charge is 0.322 e. The lowest BCUT2D eigenvalue weighted by Crippen LogP contribution is -2.56. The molecule has 2 aliphatic rings. The second kappa shape index (κ2) is 5.18. The van der Waals surface area contributed by atoms with Crippen molar-refractivity contribution in [3.05, 3.63) is 0 Å². The summed E-state index contributed by atoms with van der Waals surface area (Å²) in [6.45, 7) is 2.47. The fourth-order valence-corrected chi connectivity index (χ4v) is 2.89. The molecule has 1 heterocycles. The average Bonchev–Trinajstić information content (AvgIpc) is 2.56. The number of carbonyl (C=O) groups is 1. The quantitative estimate of drug-likeness (QED) is 0.579. The molecule has 0 bridgehead atoms. The van der Waals surface area contributed by atoms with Crippen LogP contribution in [0.1, 0.15) is 39.0 Å². The van der Waals surface area contributed by atoms with Crippen molar-refractivity contribution in [2.24, 2.45) is 0 Å². The van der Waals surface area contributed by atoms with Gasteiger partial charge < -0.3 is 10.1 Å². The third-order valence-electron chi connectivity index (χ3n) is 3.37. The summed E-state index contributed by atoms with van der Waals surface area (Å²) in [6, 6.07) is 0. The number of thiocarbonyl (C=S) groups is 1. The maximum atomic E-state index is 11.6. The molecule has 1 spiro atoms. The van der Waals surface area contributed by atoms with E-state index in [9.17, 15) is 4.79 Å². The highest BCUT2D eigenvalue weighted by Crippen LogP contribution is 2.32. The van der Waals surface area contributed by atoms with Gasteiger partial charge >= 0.3 is 5.97 Å². The molecule has 0 aromatic heterocycles. The Morgan fingerprint density at radius 3 is 2.82 bits per heavy atom. The number of hydrogen-bond donors (Lipinski definition) is 2. The van der Waals surface area contributed by atoms with Crippen molar-refractivity contribution in [3.8, 4) is 0 Å². The number of carbonyl (C=O) groups excluding carboxylic acids is 1. The molecular weight excluding hydrogens is 238 g/mol. The van der Waals surface area contributed by atoms with Crippen molar-refractivity contribution in [1.29, 1.82) is 0 Å². The van der Waals surface area contributed by atoms with Crippen LogP contribution in [0.4, 0.5) is 0 Å². The van der Waals surface area contributed by atoms with E-state index in [1.54, 1.807) is 0 Å². The van der Waals surface area contributed by atoms with Gasteiger partial charge in [0.1, 0.15) is 12.2 Å². The standard InChI is InChI=1S/C11H19N3O2S/c1-2-16-9(15)8-14-11(12-10(17)13-14)6-4-3-5-7-11/h2-8H2,1H3,(H2,12,13,17). The van der Waals surface area contributed by atoms with Gasteiger partial charge in [-0.1, -0.05) is 6.42 Å². The fraction of sp³-hybridized carbons (Fsp3) is 0.818. The van der Waals surface area contributed by atoms with Gasteiger partial charge in [0.2, 0.25) is 0 Å². The van der Waals surface area contributed by atoms with Gasteiger partial charge in [-0.05, 0) is 44.8 Å². The van der Waals surface area contributed by atoms with E-state index >= 15 is 0 Å². The number of hydrazine groups is 1. The van der Waals surface area contributed by atoms with Crippen LogP contribution in [0.2, 0.25) is 0 Å². The van der Waals surface area contributed by atoms with Gasteiger partial charge in [0, 0.05) is 0 Å². The monoisotopic (exact) mass is 257 g/mol. The first kappa shape index (κ1) is 12.6. The van der Waals surface area contributed by atoms with Crippen LogP contribution in [0.3, 0.4) is 0 Å². The Bertz CT molecular complexity index is 316. The Labute approximate surface area is 107 Å². The summed E-state index contributed by atoms with van der Waals surface area (Å²) in [5.74, 6) is -0.212. The number of ether oxygens (including phenoxy) is 1. The molecule has 0 aromatic carbocycles. The van der Waals surface area contributed by atoms with Gasteiger partial charge in [-0.3, -0.25) is 10.2 Å². The van der Waals surface area contributed by atoms with Crippen LogP contribution in [0.25, 0.3) is 0 Å². The van der Waals surface area contributed by atoms with E-state index in [-0.39, 0.29) is 18.2 Å². The zero-order valence-corrected chi connectivity index (χ0v) is 10.9. The predicted molar refractivity (Wildman–Crippen MR) is 68.0 cm³/mol. The van der Waals surface area contributed by atoms with Gasteiger partial charge in [-0.15, -0.1) is 0 Å². The van der Waals surface area contributed by atoms with Crippen molar-refractivity contribution in [1.82, 2.24) is 15.8 Å². The van der Waals surface area contributed by atoms with Crippen molar-refractivity contribution in [3.63, 3.8) is 0 Å². The SMILES string of the molecule is CCOC(=O)CN1NC(=S)NC12CCCCC2. The minimum Gasteiger partial charge on any atom is -0.465 e. The van der Waals surface area contributed by atoms with Crippen molar-refractivity contribution < 1.29 is 9.53 Å². The van der Waals surface area contributed by atoms with Gasteiger partial charge in [0.15, 0.2) is 5.11 Å². The molecule has 5 nitrogen and oxygen atoms in total. The normalized spacial score (nSPS) is 23.2. The van der Waals surface area contributed by atoms with Crippen LogP contribution < -0.4 is 10.7 Å². The number of esters is 1. The lowest BCUT2D eigenvalue weighted by atomic mass is 9.89. The van der Waals surface area contributed by atoms with Gasteiger partial charge in [0.05, 0.1) is 6.61 Å². The molecule has 1 aliphatic heterocycles. The summed E-state index contributed by atoms with van der Waals surface area (Å²) in [4.78, 5) is 11.6. The largest absolute Gasteiger partial charge is 0.465 e. The molecule has 0 aromatic rings. The molecule has 1 saturated carbocycles. The molecule has 0 unspecified atom stereocenters. The van der Waals surface area contributed by atoms with Gasteiger partial charge in [-0.2, -0.15) is 5.01 Å². The fourth-order valence-electron chi connectivity index (χ4n) is 2.59.